The van der Waals surface area contributed by atoms with E-state index in [0.717, 1.165) is 6.92 Å². The Bertz CT molecular complexity index is 228. The summed E-state index contributed by atoms with van der Waals surface area (Å²) >= 11 is 0. The van der Waals surface area contributed by atoms with Gasteiger partial charge in [-0.3, -0.25) is 0 Å². The third-order valence-electron chi connectivity index (χ3n) is 1.93. The van der Waals surface area contributed by atoms with Gasteiger partial charge in [0.25, 0.3) is 0 Å². The summed E-state index contributed by atoms with van der Waals surface area (Å²) < 4.78 is 69.8. The molecule has 84 valence electrons. The molecule has 8 heteroatoms. The molecular weight excluding hydrogens is 215 g/mol. The third kappa shape index (κ3) is 1.37. The molecule has 1 aliphatic heterocycles. The molecule has 0 saturated carbocycles. The van der Waals surface area contributed by atoms with Gasteiger partial charge in [-0.2, -0.15) is 22.0 Å². The van der Waals surface area contributed by atoms with Gasteiger partial charge in [-0.05, 0) is 6.92 Å². The highest BCUT2D eigenvalue weighted by atomic mass is 19.4. The predicted molar refractivity (Wildman–Crippen MR) is 32.5 cm³/mol. The van der Waals surface area contributed by atoms with Crippen LogP contribution >= 0.6 is 0 Å². The summed E-state index contributed by atoms with van der Waals surface area (Å²) in [4.78, 5) is 0. The van der Waals surface area contributed by atoms with Crippen molar-refractivity contribution in [2.75, 3.05) is 6.79 Å². The number of halogens is 5. The summed E-state index contributed by atoms with van der Waals surface area (Å²) in [5, 5.41) is 8.73. The number of hydrogen-bond acceptors (Lipinski definition) is 3. The number of rotatable bonds is 0. The summed E-state index contributed by atoms with van der Waals surface area (Å²) in [6.07, 6.45) is -7.64. The van der Waals surface area contributed by atoms with Crippen molar-refractivity contribution < 1.29 is 36.5 Å². The molecule has 1 N–H and O–H groups in total. The molecule has 3 nitrogen and oxygen atoms in total. The molecule has 0 aliphatic carbocycles. The van der Waals surface area contributed by atoms with E-state index in [9.17, 15) is 22.0 Å². The van der Waals surface area contributed by atoms with Gasteiger partial charge in [0.15, 0.2) is 6.79 Å². The van der Waals surface area contributed by atoms with Crippen LogP contribution < -0.4 is 0 Å². The molecule has 0 aromatic heterocycles. The number of hydrogen-bond donors (Lipinski definition) is 1. The van der Waals surface area contributed by atoms with E-state index in [-0.39, 0.29) is 0 Å². The van der Waals surface area contributed by atoms with Gasteiger partial charge in [-0.15, -0.1) is 0 Å². The van der Waals surface area contributed by atoms with Crippen molar-refractivity contribution in [1.29, 1.82) is 0 Å². The Kier molecular flexibility index (Phi) is 2.49. The van der Waals surface area contributed by atoms with Crippen LogP contribution in [0, 0.1) is 0 Å². The highest BCUT2D eigenvalue weighted by molar-refractivity contribution is 4.97. The van der Waals surface area contributed by atoms with Crippen molar-refractivity contribution in [1.82, 2.24) is 0 Å². The Morgan fingerprint density at radius 1 is 1.36 bits per heavy atom. The second-order valence-electron chi connectivity index (χ2n) is 2.84. The quantitative estimate of drug-likeness (QED) is 0.627. The zero-order chi connectivity index (χ0) is 11.2. The highest BCUT2D eigenvalue weighted by Crippen LogP contribution is 2.47. The minimum absolute atomic E-state index is 0.721. The maximum Gasteiger partial charge on any atom is 0.449 e. The van der Waals surface area contributed by atoms with Crippen molar-refractivity contribution in [3.05, 3.63) is 0 Å². The van der Waals surface area contributed by atoms with Gasteiger partial charge in [0, 0.05) is 0 Å². The van der Waals surface area contributed by atoms with Crippen molar-refractivity contribution in [3.63, 3.8) is 0 Å². The van der Waals surface area contributed by atoms with Crippen LogP contribution in [0.3, 0.4) is 0 Å². The van der Waals surface area contributed by atoms with E-state index in [0.29, 0.717) is 0 Å². The molecule has 0 bridgehead atoms. The van der Waals surface area contributed by atoms with Crippen LogP contribution in [0.1, 0.15) is 6.92 Å². The second-order valence-corrected chi connectivity index (χ2v) is 2.84. The third-order valence-corrected chi connectivity index (χ3v) is 1.93. The standard InChI is InChI=1S/C6H7F5O3/c1-3-4(7,8)5(12,6(9,10)11)14-2-13-3/h3,12H,2H2,1H3. The zero-order valence-electron chi connectivity index (χ0n) is 6.94. The fourth-order valence-corrected chi connectivity index (χ4v) is 0.969. The molecule has 2 atom stereocenters. The Labute approximate surface area is 75.4 Å². The van der Waals surface area contributed by atoms with Crippen molar-refractivity contribution in [3.8, 4) is 0 Å². The average molecular weight is 222 g/mol. The van der Waals surface area contributed by atoms with Gasteiger partial charge >= 0.3 is 17.9 Å². The molecule has 1 saturated heterocycles. The molecule has 0 spiro atoms. The summed E-state index contributed by atoms with van der Waals surface area (Å²) in [6.45, 7) is -0.313. The van der Waals surface area contributed by atoms with Crippen LogP contribution in [0.25, 0.3) is 0 Å². The van der Waals surface area contributed by atoms with Crippen molar-refractivity contribution in [2.45, 2.75) is 30.9 Å². The lowest BCUT2D eigenvalue weighted by Crippen LogP contribution is -2.67. The minimum atomic E-state index is -5.57. The maximum atomic E-state index is 12.9. The maximum absolute atomic E-state index is 12.9. The second kappa shape index (κ2) is 3.01. The van der Waals surface area contributed by atoms with Crippen molar-refractivity contribution >= 4 is 0 Å². The largest absolute Gasteiger partial charge is 0.449 e. The van der Waals surface area contributed by atoms with Gasteiger partial charge in [-0.25, -0.2) is 0 Å². The van der Waals surface area contributed by atoms with Gasteiger partial charge in [0.2, 0.25) is 0 Å². The molecule has 1 rings (SSSR count). The lowest BCUT2D eigenvalue weighted by molar-refractivity contribution is -0.482. The lowest BCUT2D eigenvalue weighted by Gasteiger charge is -2.42. The number of ether oxygens (including phenoxy) is 2. The first-order chi connectivity index (χ1) is 6.13. The molecule has 1 aliphatic rings. The lowest BCUT2D eigenvalue weighted by atomic mass is 10.0. The molecule has 0 amide bonds. The Morgan fingerprint density at radius 3 is 2.21 bits per heavy atom. The van der Waals surface area contributed by atoms with Crippen LogP contribution in [0.5, 0.6) is 0 Å². The first-order valence-corrected chi connectivity index (χ1v) is 3.55. The Hall–Kier alpha value is -0.470. The molecule has 2 unspecified atom stereocenters. The molecule has 0 aromatic rings. The van der Waals surface area contributed by atoms with Gasteiger partial charge in [0.05, 0.1) is 0 Å². The van der Waals surface area contributed by atoms with Crippen molar-refractivity contribution in [2.24, 2.45) is 0 Å². The highest BCUT2D eigenvalue weighted by Gasteiger charge is 2.74. The van der Waals surface area contributed by atoms with E-state index in [1.807, 2.05) is 0 Å². The first kappa shape index (κ1) is 11.6. The predicted octanol–water partition coefficient (Wildman–Crippen LogP) is 1.27. The molecule has 1 fully saturated rings. The van der Waals surface area contributed by atoms with E-state index >= 15 is 0 Å². The van der Waals surface area contributed by atoms with E-state index in [2.05, 4.69) is 9.47 Å². The zero-order valence-corrected chi connectivity index (χ0v) is 6.94. The Morgan fingerprint density at radius 2 is 1.86 bits per heavy atom. The number of alkyl halides is 5. The molecule has 0 aromatic carbocycles. The van der Waals surface area contributed by atoms with Crippen LogP contribution in [-0.2, 0) is 9.47 Å². The topological polar surface area (TPSA) is 38.7 Å². The van der Waals surface area contributed by atoms with Crippen LogP contribution in [0.15, 0.2) is 0 Å². The molecule has 0 radical (unpaired) electrons. The summed E-state index contributed by atoms with van der Waals surface area (Å²) in [7, 11) is 0. The Balaban J connectivity index is 3.07. The monoisotopic (exact) mass is 222 g/mol. The van der Waals surface area contributed by atoms with E-state index in [4.69, 9.17) is 5.11 Å². The van der Waals surface area contributed by atoms with E-state index in [1.54, 1.807) is 0 Å². The van der Waals surface area contributed by atoms with Gasteiger partial charge < -0.3 is 14.6 Å². The van der Waals surface area contributed by atoms with Crippen LogP contribution in [-0.4, -0.2) is 35.9 Å². The molecular formula is C6H7F5O3. The summed E-state index contributed by atoms with van der Waals surface area (Å²) in [5.74, 6) is -9.01. The summed E-state index contributed by atoms with van der Waals surface area (Å²) in [6, 6.07) is 0. The SMILES string of the molecule is CC1OCOC(O)(C(F)(F)F)C1(F)F. The van der Waals surface area contributed by atoms with Gasteiger partial charge in [0.1, 0.15) is 6.10 Å². The number of aliphatic hydroxyl groups is 1. The van der Waals surface area contributed by atoms with Crippen LogP contribution in [0.4, 0.5) is 22.0 Å². The smallest absolute Gasteiger partial charge is 0.354 e. The van der Waals surface area contributed by atoms with E-state index in [1.165, 1.54) is 0 Å². The van der Waals surface area contributed by atoms with Gasteiger partial charge in [-0.1, -0.05) is 0 Å². The fraction of sp³-hybridized carbons (Fsp3) is 1.00. The first-order valence-electron chi connectivity index (χ1n) is 3.55. The fourth-order valence-electron chi connectivity index (χ4n) is 0.969. The van der Waals surface area contributed by atoms with Crippen LogP contribution in [0.2, 0.25) is 0 Å². The van der Waals surface area contributed by atoms with E-state index < -0.39 is 30.8 Å². The summed E-state index contributed by atoms with van der Waals surface area (Å²) in [5.41, 5.74) is 0. The molecule has 1 heterocycles. The average Bonchev–Trinajstić information content (AvgIpc) is 1.98. The minimum Gasteiger partial charge on any atom is -0.354 e. The normalized spacial score (nSPS) is 38.4. The molecule has 14 heavy (non-hydrogen) atoms.